The van der Waals surface area contributed by atoms with Crippen molar-refractivity contribution in [2.24, 2.45) is 5.92 Å². The molecule has 0 aromatic heterocycles. The van der Waals surface area contributed by atoms with Crippen LogP contribution < -0.4 is 4.90 Å². The molecule has 1 saturated heterocycles. The molecule has 0 aliphatic carbocycles. The quantitative estimate of drug-likeness (QED) is 0.892. The van der Waals surface area contributed by atoms with Crippen LogP contribution in [-0.2, 0) is 4.79 Å². The summed E-state index contributed by atoms with van der Waals surface area (Å²) < 4.78 is 0. The summed E-state index contributed by atoms with van der Waals surface area (Å²) >= 11 is 0. The van der Waals surface area contributed by atoms with Gasteiger partial charge in [0.15, 0.2) is 0 Å². The third-order valence-electron chi connectivity index (χ3n) is 3.65. The number of aryl methyl sites for hydroxylation is 2. The average molecular weight is 247 g/mol. The molecule has 3 heteroatoms. The normalized spacial score (nSPS) is 16.9. The first-order valence-electron chi connectivity index (χ1n) is 6.59. The number of carbonyl (C=O) groups is 1. The summed E-state index contributed by atoms with van der Waals surface area (Å²) in [7, 11) is 0. The lowest BCUT2D eigenvalue weighted by Gasteiger charge is -2.33. The van der Waals surface area contributed by atoms with Gasteiger partial charge in [0.1, 0.15) is 0 Å². The highest BCUT2D eigenvalue weighted by Gasteiger charge is 2.21. The molecule has 0 amide bonds. The summed E-state index contributed by atoms with van der Waals surface area (Å²) in [5.74, 6) is -0.315. The molecule has 0 bridgehead atoms. The topological polar surface area (TPSA) is 40.5 Å². The standard InChI is InChI=1S/C15H21NO2/c1-11-7-12(2)9-14(8-11)16-5-3-13(4-6-16)10-15(17)18/h7-9,13H,3-6,10H2,1-2H3,(H,17,18). The third kappa shape index (κ3) is 3.25. The zero-order valence-corrected chi connectivity index (χ0v) is 11.1. The molecular formula is C15H21NO2. The second kappa shape index (κ2) is 5.42. The van der Waals surface area contributed by atoms with Gasteiger partial charge in [-0.2, -0.15) is 0 Å². The second-order valence-electron chi connectivity index (χ2n) is 5.37. The number of piperidine rings is 1. The number of hydrogen-bond acceptors (Lipinski definition) is 2. The van der Waals surface area contributed by atoms with Gasteiger partial charge in [0.2, 0.25) is 0 Å². The molecule has 18 heavy (non-hydrogen) atoms. The van der Waals surface area contributed by atoms with Gasteiger partial charge in [-0.15, -0.1) is 0 Å². The lowest BCUT2D eigenvalue weighted by molar-refractivity contribution is -0.138. The van der Waals surface area contributed by atoms with Crippen molar-refractivity contribution in [3.63, 3.8) is 0 Å². The molecule has 1 aromatic carbocycles. The first-order valence-corrected chi connectivity index (χ1v) is 6.59. The summed E-state index contributed by atoms with van der Waals surface area (Å²) in [5, 5.41) is 8.81. The molecule has 1 aliphatic heterocycles. The van der Waals surface area contributed by atoms with Gasteiger partial charge in [0, 0.05) is 25.2 Å². The molecule has 2 rings (SSSR count). The van der Waals surface area contributed by atoms with Crippen LogP contribution >= 0.6 is 0 Å². The van der Waals surface area contributed by atoms with E-state index < -0.39 is 5.97 Å². The summed E-state index contributed by atoms with van der Waals surface area (Å²) in [6.07, 6.45) is 2.29. The Morgan fingerprint density at radius 1 is 1.22 bits per heavy atom. The second-order valence-corrected chi connectivity index (χ2v) is 5.37. The Balaban J connectivity index is 1.98. The van der Waals surface area contributed by atoms with Crippen molar-refractivity contribution in [2.75, 3.05) is 18.0 Å². The molecule has 0 atom stereocenters. The molecule has 0 spiro atoms. The molecule has 0 unspecified atom stereocenters. The van der Waals surface area contributed by atoms with Crippen molar-refractivity contribution in [1.29, 1.82) is 0 Å². The van der Waals surface area contributed by atoms with E-state index in [2.05, 4.69) is 36.9 Å². The largest absolute Gasteiger partial charge is 0.481 e. The minimum atomic E-state index is -0.667. The van der Waals surface area contributed by atoms with Gasteiger partial charge < -0.3 is 10.0 Å². The van der Waals surface area contributed by atoms with E-state index in [1.165, 1.54) is 16.8 Å². The highest BCUT2D eigenvalue weighted by molar-refractivity contribution is 5.67. The van der Waals surface area contributed by atoms with Crippen LogP contribution in [0.1, 0.15) is 30.4 Å². The zero-order chi connectivity index (χ0) is 13.1. The number of aliphatic carboxylic acids is 1. The smallest absolute Gasteiger partial charge is 0.303 e. The summed E-state index contributed by atoms with van der Waals surface area (Å²) in [6.45, 7) is 6.18. The first-order chi connectivity index (χ1) is 8.54. The molecule has 1 aromatic rings. The van der Waals surface area contributed by atoms with Crippen LogP contribution in [0.15, 0.2) is 18.2 Å². The Kier molecular flexibility index (Phi) is 3.90. The fourth-order valence-corrected chi connectivity index (χ4v) is 2.78. The summed E-state index contributed by atoms with van der Waals surface area (Å²) in [6, 6.07) is 6.61. The maximum Gasteiger partial charge on any atom is 0.303 e. The lowest BCUT2D eigenvalue weighted by atomic mass is 9.93. The monoisotopic (exact) mass is 247 g/mol. The molecule has 98 valence electrons. The van der Waals surface area contributed by atoms with Crippen LogP contribution in [-0.4, -0.2) is 24.2 Å². The highest BCUT2D eigenvalue weighted by Crippen LogP contribution is 2.26. The van der Waals surface area contributed by atoms with E-state index in [4.69, 9.17) is 5.11 Å². The molecule has 0 radical (unpaired) electrons. The van der Waals surface area contributed by atoms with Gasteiger partial charge in [-0.1, -0.05) is 6.07 Å². The minimum Gasteiger partial charge on any atom is -0.481 e. The zero-order valence-electron chi connectivity index (χ0n) is 11.1. The maximum atomic E-state index is 10.7. The van der Waals surface area contributed by atoms with Crippen LogP contribution in [0.4, 0.5) is 5.69 Å². The predicted molar refractivity (Wildman–Crippen MR) is 73.1 cm³/mol. The van der Waals surface area contributed by atoms with E-state index in [0.717, 1.165) is 25.9 Å². The van der Waals surface area contributed by atoms with E-state index >= 15 is 0 Å². The average Bonchev–Trinajstić information content (AvgIpc) is 2.27. The summed E-state index contributed by atoms with van der Waals surface area (Å²) in [5.41, 5.74) is 3.86. The van der Waals surface area contributed by atoms with Crippen molar-refractivity contribution in [3.8, 4) is 0 Å². The molecule has 0 saturated carbocycles. The molecule has 3 nitrogen and oxygen atoms in total. The molecule has 1 heterocycles. The van der Waals surface area contributed by atoms with Crippen molar-refractivity contribution in [1.82, 2.24) is 0 Å². The SMILES string of the molecule is Cc1cc(C)cc(N2CCC(CC(=O)O)CC2)c1. The van der Waals surface area contributed by atoms with E-state index in [-0.39, 0.29) is 0 Å². The minimum absolute atomic E-state index is 0.320. The van der Waals surface area contributed by atoms with Gasteiger partial charge in [-0.25, -0.2) is 0 Å². The van der Waals surface area contributed by atoms with Crippen LogP contribution in [0.25, 0.3) is 0 Å². The van der Waals surface area contributed by atoms with Gasteiger partial charge in [-0.05, 0) is 55.9 Å². The number of rotatable bonds is 3. The number of anilines is 1. The Morgan fingerprint density at radius 2 is 1.78 bits per heavy atom. The van der Waals surface area contributed by atoms with Crippen LogP contribution in [0.5, 0.6) is 0 Å². The molecule has 1 aliphatic rings. The van der Waals surface area contributed by atoms with E-state index in [9.17, 15) is 4.79 Å². The van der Waals surface area contributed by atoms with Crippen molar-refractivity contribution in [3.05, 3.63) is 29.3 Å². The summed E-state index contributed by atoms with van der Waals surface area (Å²) in [4.78, 5) is 13.1. The van der Waals surface area contributed by atoms with E-state index in [1.807, 2.05) is 0 Å². The lowest BCUT2D eigenvalue weighted by Crippen LogP contribution is -2.34. The van der Waals surface area contributed by atoms with Crippen molar-refractivity contribution < 1.29 is 9.90 Å². The van der Waals surface area contributed by atoms with Gasteiger partial charge in [0.05, 0.1) is 0 Å². The Bertz CT molecular complexity index is 414. The maximum absolute atomic E-state index is 10.7. The van der Waals surface area contributed by atoms with Crippen LogP contribution in [0.2, 0.25) is 0 Å². The van der Waals surface area contributed by atoms with Gasteiger partial charge in [0.25, 0.3) is 0 Å². The Hall–Kier alpha value is -1.51. The molecular weight excluding hydrogens is 226 g/mol. The van der Waals surface area contributed by atoms with Crippen molar-refractivity contribution >= 4 is 11.7 Å². The number of hydrogen-bond donors (Lipinski definition) is 1. The Morgan fingerprint density at radius 3 is 2.28 bits per heavy atom. The highest BCUT2D eigenvalue weighted by atomic mass is 16.4. The van der Waals surface area contributed by atoms with E-state index in [0.29, 0.717) is 12.3 Å². The molecule has 1 fully saturated rings. The van der Waals surface area contributed by atoms with Gasteiger partial charge >= 0.3 is 5.97 Å². The Labute approximate surface area is 108 Å². The number of carboxylic acid groups (broad SMARTS) is 1. The van der Waals surface area contributed by atoms with E-state index in [1.54, 1.807) is 0 Å². The van der Waals surface area contributed by atoms with Gasteiger partial charge in [-0.3, -0.25) is 4.79 Å². The predicted octanol–water partition coefficient (Wildman–Crippen LogP) is 2.99. The van der Waals surface area contributed by atoms with Crippen LogP contribution in [0, 0.1) is 19.8 Å². The van der Waals surface area contributed by atoms with Crippen LogP contribution in [0.3, 0.4) is 0 Å². The fourth-order valence-electron chi connectivity index (χ4n) is 2.78. The molecule has 1 N–H and O–H groups in total. The third-order valence-corrected chi connectivity index (χ3v) is 3.65. The van der Waals surface area contributed by atoms with Crippen molar-refractivity contribution in [2.45, 2.75) is 33.1 Å². The number of nitrogens with zero attached hydrogens (tertiary/aromatic N) is 1. The fraction of sp³-hybridized carbons (Fsp3) is 0.533. The first kappa shape index (κ1) is 12.9. The number of carboxylic acids is 1. The number of benzene rings is 1.